The van der Waals surface area contributed by atoms with E-state index in [4.69, 9.17) is 52.8 Å². The van der Waals surface area contributed by atoms with Gasteiger partial charge in [0.25, 0.3) is 0 Å². The Morgan fingerprint density at radius 2 is 1.56 bits per heavy atom. The Hall–Kier alpha value is -6.36. The number of amides is 3. The number of β-lactam (4-membered cyclic amide) rings is 1. The van der Waals surface area contributed by atoms with Crippen LogP contribution in [0.4, 0.5) is 4.79 Å². The number of thioether (sulfide) groups is 1. The summed E-state index contributed by atoms with van der Waals surface area (Å²) in [4.78, 5) is 92.9. The van der Waals surface area contributed by atoms with Gasteiger partial charge >= 0.3 is 26.0 Å². The number of ether oxygens (including phenoxy) is 5. The number of hydrogen-bond donors (Lipinski definition) is 1. The number of halogens is 1. The fourth-order valence-electron chi connectivity index (χ4n) is 8.01. The minimum atomic E-state index is -1.74. The molecule has 3 fully saturated rings. The summed E-state index contributed by atoms with van der Waals surface area (Å²) >= 11 is 9.18. The van der Waals surface area contributed by atoms with Crippen LogP contribution in [0.3, 0.4) is 0 Å². The van der Waals surface area contributed by atoms with Crippen LogP contribution >= 0.6 is 34.7 Å². The summed E-state index contributed by atoms with van der Waals surface area (Å²) in [5.74, 6) is -1.96. The highest BCUT2D eigenvalue weighted by Crippen LogP contribution is 2.53. The number of carbonyl (C=O) groups is 6. The van der Waals surface area contributed by atoms with Crippen molar-refractivity contribution in [3.8, 4) is 23.0 Å². The molecule has 4 aromatic rings. The summed E-state index contributed by atoms with van der Waals surface area (Å²) in [5.41, 5.74) is 2.58. The smallest absolute Gasteiger partial charge is 0.378 e. The zero-order chi connectivity index (χ0) is 52.8. The van der Waals surface area contributed by atoms with Crippen LogP contribution in [0.5, 0.6) is 23.0 Å². The number of esters is 1. The summed E-state index contributed by atoms with van der Waals surface area (Å²) in [6.07, 6.45) is -0.0159. The van der Waals surface area contributed by atoms with Crippen molar-refractivity contribution in [1.82, 2.24) is 25.2 Å². The first-order valence-corrected chi connectivity index (χ1v) is 25.4. The van der Waals surface area contributed by atoms with Crippen molar-refractivity contribution in [3.05, 3.63) is 98.5 Å². The first kappa shape index (κ1) is 54.4. The fraction of sp³-hybridized carbons (Fsp3) is 0.440. The molecule has 3 atom stereocenters. The third-order valence-electron chi connectivity index (χ3n) is 12.0. The number of Topliss-reactive ketones (excluding diaryl/α,β-unsaturated/α-hetero) is 2. The molecule has 1 N–H and O–H groups in total. The Balaban J connectivity index is 0.975. The number of oxime groups is 1. The number of benzene rings is 3. The van der Waals surface area contributed by atoms with E-state index in [0.29, 0.717) is 22.3 Å². The van der Waals surface area contributed by atoms with Crippen molar-refractivity contribution in [2.24, 2.45) is 11.1 Å². The first-order chi connectivity index (χ1) is 34.7. The van der Waals surface area contributed by atoms with Gasteiger partial charge in [0.05, 0.1) is 48.6 Å². The monoisotopic (exact) mass is 1060 g/mol. The molecule has 4 heterocycles. The number of nitrogens with one attached hydrogen (secondary N) is 1. The predicted molar refractivity (Wildman–Crippen MR) is 272 cm³/mol. The normalized spacial score (nSPS) is 18.8. The van der Waals surface area contributed by atoms with Gasteiger partial charge in [0.2, 0.25) is 16.4 Å². The molecule has 0 bridgehead atoms. The number of ketones is 2. The number of thiazole rings is 1. The average Bonchev–Trinajstić information content (AvgIpc) is 4.08. The molecule has 0 unspecified atom stereocenters. The third kappa shape index (κ3) is 12.4. The van der Waals surface area contributed by atoms with Crippen LogP contribution in [0.1, 0.15) is 86.1 Å². The van der Waals surface area contributed by atoms with Crippen molar-refractivity contribution in [2.75, 3.05) is 40.4 Å². The second-order valence-electron chi connectivity index (χ2n) is 18.7. The number of rotatable bonds is 23. The van der Waals surface area contributed by atoms with Crippen LogP contribution in [0.15, 0.2) is 71.2 Å². The summed E-state index contributed by atoms with van der Waals surface area (Å²) in [6.45, 7) is 10.2. The maximum atomic E-state index is 14.0. The average molecular weight is 1060 g/mol. The maximum absolute atomic E-state index is 14.0. The number of aromatic nitrogens is 1. The summed E-state index contributed by atoms with van der Waals surface area (Å²) in [6, 6.07) is 17.4. The van der Waals surface area contributed by atoms with Gasteiger partial charge in [-0.05, 0) is 95.5 Å². The second kappa shape index (κ2) is 22.8. The zero-order valence-corrected chi connectivity index (χ0v) is 44.1. The van der Waals surface area contributed by atoms with Gasteiger partial charge in [-0.1, -0.05) is 52.8 Å². The lowest BCUT2D eigenvalue weighted by Gasteiger charge is -2.40. The molecule has 3 aliphatic heterocycles. The summed E-state index contributed by atoms with van der Waals surface area (Å²) < 4.78 is 33.1. The molecule has 386 valence electrons. The Bertz CT molecular complexity index is 2750. The van der Waals surface area contributed by atoms with E-state index in [0.717, 1.165) is 22.9 Å². The molecule has 0 spiro atoms. The summed E-state index contributed by atoms with van der Waals surface area (Å²) in [5, 5.41) is 7.03. The first-order valence-electron chi connectivity index (χ1n) is 23.2. The third-order valence-corrected chi connectivity index (χ3v) is 14.8. The van der Waals surface area contributed by atoms with E-state index >= 15 is 0 Å². The number of fused-ring (bicyclic) bond motifs is 1. The van der Waals surface area contributed by atoms with Gasteiger partial charge in [-0.2, -0.15) is 0 Å². The van der Waals surface area contributed by atoms with Crippen LogP contribution in [0.25, 0.3) is 0 Å². The quantitative estimate of drug-likeness (QED) is 0.0153. The number of hydrogen-bond acceptors (Lipinski definition) is 18. The van der Waals surface area contributed by atoms with Crippen molar-refractivity contribution in [2.45, 2.75) is 95.5 Å². The minimum absolute atomic E-state index is 0.0444. The Morgan fingerprint density at radius 3 is 2.15 bits per heavy atom. The van der Waals surface area contributed by atoms with Gasteiger partial charge in [-0.25, -0.2) is 20.0 Å². The number of methoxy groups -OCH3 is 2. The maximum Gasteiger partial charge on any atom is 0.378 e. The summed E-state index contributed by atoms with van der Waals surface area (Å²) in [7, 11) is 8.63. The van der Waals surface area contributed by atoms with Gasteiger partial charge in [-0.3, -0.25) is 29.1 Å². The lowest BCUT2D eigenvalue weighted by Crippen LogP contribution is -2.60. The largest absolute Gasteiger partial charge is 0.541 e. The van der Waals surface area contributed by atoms with Crippen LogP contribution in [-0.2, 0) is 46.6 Å². The molecular formula is C50H56BClN6O13S2. The van der Waals surface area contributed by atoms with Gasteiger partial charge in [0.1, 0.15) is 36.0 Å². The van der Waals surface area contributed by atoms with Crippen molar-refractivity contribution < 1.29 is 61.9 Å². The van der Waals surface area contributed by atoms with Crippen LogP contribution in [0, 0.1) is 12.8 Å². The standard InChI is InChI=1S/C50H56BClN6O13S2/c1-29-54-36(27-72-29)41(55-71-49(5,6)45(62)69-48(2,3)4)38(60)24-35-43(61)56-28-50(46(63)70-51,73-44(35)56)57-22-23-58(47(57)64)53-21-9-10-37(59)34-19-20-39(67-25-30-11-15-32(65-7)16-12-30)42(40(34)52)68-26-31-13-17-33(66-8)18-14-31/h11-20,27,35,44,53H,9-10,21-26,28H2,1-8H3/b55-41-/t35-,44-,50-/m1/s1. The van der Waals surface area contributed by atoms with Crippen LogP contribution in [0.2, 0.25) is 5.02 Å². The van der Waals surface area contributed by atoms with E-state index < -0.39 is 57.0 Å². The predicted octanol–water partition coefficient (Wildman–Crippen LogP) is 6.84. The van der Waals surface area contributed by atoms with E-state index in [-0.39, 0.29) is 92.2 Å². The Labute approximate surface area is 437 Å². The van der Waals surface area contributed by atoms with Crippen LogP contribution < -0.4 is 24.4 Å². The highest BCUT2D eigenvalue weighted by Gasteiger charge is 2.66. The van der Waals surface area contributed by atoms with Gasteiger partial charge < -0.3 is 38.1 Å². The van der Waals surface area contributed by atoms with E-state index in [1.807, 2.05) is 48.5 Å². The van der Waals surface area contributed by atoms with E-state index in [2.05, 4.69) is 15.6 Å². The fourth-order valence-corrected chi connectivity index (χ4v) is 10.7. The molecule has 1 aromatic heterocycles. The topological polar surface area (TPSA) is 214 Å². The molecule has 3 aromatic carbocycles. The zero-order valence-electron chi connectivity index (χ0n) is 41.7. The minimum Gasteiger partial charge on any atom is -0.541 e. The van der Waals surface area contributed by atoms with Gasteiger partial charge in [0.15, 0.2) is 28.8 Å². The molecule has 23 heteroatoms. The number of urea groups is 1. The number of hydrazine groups is 1. The molecule has 0 saturated carbocycles. The van der Waals surface area contributed by atoms with Crippen molar-refractivity contribution in [3.63, 3.8) is 0 Å². The number of nitrogens with zero attached hydrogens (tertiary/aromatic N) is 5. The lowest BCUT2D eigenvalue weighted by molar-refractivity contribution is -0.179. The van der Waals surface area contributed by atoms with E-state index in [1.54, 1.807) is 59.4 Å². The van der Waals surface area contributed by atoms with E-state index in [1.165, 1.54) is 40.0 Å². The van der Waals surface area contributed by atoms with Crippen LogP contribution in [-0.4, -0.2) is 131 Å². The molecule has 73 heavy (non-hydrogen) atoms. The molecule has 3 amide bonds. The Morgan fingerprint density at radius 1 is 0.918 bits per heavy atom. The van der Waals surface area contributed by atoms with Gasteiger partial charge in [0, 0.05) is 36.9 Å². The van der Waals surface area contributed by atoms with Crippen molar-refractivity contribution >= 4 is 83.9 Å². The SMILES string of the molecule is [B]OC(=O)[C@@]1(N2CCN(NCCCC(=O)c3ccc(OCc4ccc(OC)cc4)c(OCc4ccc(OC)cc4)c3Cl)C2=O)CN2C(=O)[C@@H](CC(=O)/C(=N\OC(C)(C)C(=O)OC(C)(C)C)c3csc(C)n3)[C@H]2S1. The number of aryl methyl sites for hydroxylation is 1. The molecule has 3 saturated heterocycles. The second-order valence-corrected chi connectivity index (χ2v) is 21.6. The Kier molecular flexibility index (Phi) is 17.0. The van der Waals surface area contributed by atoms with Gasteiger partial charge in [-0.15, -0.1) is 11.3 Å². The molecule has 19 nitrogen and oxygen atoms in total. The molecule has 7 rings (SSSR count). The lowest BCUT2D eigenvalue weighted by atomic mass is 9.90. The van der Waals surface area contributed by atoms with E-state index in [9.17, 15) is 28.8 Å². The highest BCUT2D eigenvalue weighted by molar-refractivity contribution is 8.02. The number of carbonyl (C=O) groups excluding carboxylic acids is 6. The van der Waals surface area contributed by atoms with Crippen molar-refractivity contribution in [1.29, 1.82) is 0 Å². The molecule has 2 radical (unpaired) electrons. The highest BCUT2D eigenvalue weighted by atomic mass is 35.5. The molecular weight excluding hydrogens is 1000 g/mol. The molecule has 0 aliphatic carbocycles. The molecule has 3 aliphatic rings.